The van der Waals surface area contributed by atoms with Gasteiger partial charge in [0.25, 0.3) is 5.91 Å². The molecule has 3 N–H and O–H groups in total. The van der Waals surface area contributed by atoms with Crippen molar-refractivity contribution in [3.63, 3.8) is 0 Å². The van der Waals surface area contributed by atoms with E-state index in [1.807, 2.05) is 24.3 Å². The maximum absolute atomic E-state index is 12.6. The smallest absolute Gasteiger partial charge is 0.256 e. The number of hydrogen-bond donors (Lipinski definition) is 2. The summed E-state index contributed by atoms with van der Waals surface area (Å²) in [4.78, 5) is 24.6. The van der Waals surface area contributed by atoms with E-state index < -0.39 is 5.91 Å². The summed E-state index contributed by atoms with van der Waals surface area (Å²) in [6.07, 6.45) is 2.45. The van der Waals surface area contributed by atoms with Crippen LogP contribution < -0.4 is 11.1 Å². The number of carbonyl (C=O) groups is 2. The third-order valence-corrected chi connectivity index (χ3v) is 5.21. The zero-order valence-electron chi connectivity index (χ0n) is 13.7. The van der Waals surface area contributed by atoms with Crippen LogP contribution in [0.15, 0.2) is 53.4 Å². The van der Waals surface area contributed by atoms with Crippen molar-refractivity contribution >= 4 is 29.3 Å². The van der Waals surface area contributed by atoms with Crippen LogP contribution in [0.4, 0.5) is 5.69 Å². The third kappa shape index (κ3) is 4.61. The first-order chi connectivity index (χ1) is 12.1. The SMILES string of the molecule is NC(=O)c1ccc(NC(=O)c2ccccc2SCC2CCCO2)cc1. The summed E-state index contributed by atoms with van der Waals surface area (Å²) in [5.74, 6) is 0.174. The minimum absolute atomic E-state index is 0.178. The number of carbonyl (C=O) groups excluding carboxylic acids is 2. The quantitative estimate of drug-likeness (QED) is 0.778. The summed E-state index contributed by atoms with van der Waals surface area (Å²) in [5.41, 5.74) is 6.88. The fraction of sp³-hybridized carbons (Fsp3) is 0.263. The van der Waals surface area contributed by atoms with Gasteiger partial charge < -0.3 is 15.8 Å². The highest BCUT2D eigenvalue weighted by molar-refractivity contribution is 7.99. The van der Waals surface area contributed by atoms with Gasteiger partial charge in [0, 0.05) is 28.5 Å². The van der Waals surface area contributed by atoms with Crippen LogP contribution in [0.25, 0.3) is 0 Å². The molecule has 130 valence electrons. The van der Waals surface area contributed by atoms with Gasteiger partial charge in [0.2, 0.25) is 5.91 Å². The second-order valence-electron chi connectivity index (χ2n) is 5.84. The minimum atomic E-state index is -0.492. The molecule has 1 aliphatic rings. The Morgan fingerprint density at radius 1 is 1.16 bits per heavy atom. The van der Waals surface area contributed by atoms with Gasteiger partial charge in [0.15, 0.2) is 0 Å². The lowest BCUT2D eigenvalue weighted by Gasteiger charge is -2.12. The van der Waals surface area contributed by atoms with Crippen LogP contribution in [0.5, 0.6) is 0 Å². The highest BCUT2D eigenvalue weighted by Gasteiger charge is 2.18. The van der Waals surface area contributed by atoms with Crippen LogP contribution in [0, 0.1) is 0 Å². The van der Waals surface area contributed by atoms with E-state index in [0.29, 0.717) is 16.8 Å². The Labute approximate surface area is 150 Å². The predicted molar refractivity (Wildman–Crippen MR) is 99.1 cm³/mol. The summed E-state index contributed by atoms with van der Waals surface area (Å²) >= 11 is 1.64. The molecular formula is C19H20N2O3S. The molecule has 2 aromatic rings. The van der Waals surface area contributed by atoms with E-state index in [9.17, 15) is 9.59 Å². The van der Waals surface area contributed by atoms with Crippen LogP contribution in [-0.4, -0.2) is 30.3 Å². The molecule has 1 aliphatic heterocycles. The van der Waals surface area contributed by atoms with Gasteiger partial charge in [-0.25, -0.2) is 0 Å². The summed E-state index contributed by atoms with van der Waals surface area (Å²) in [5, 5.41) is 2.86. The Balaban J connectivity index is 1.67. The maximum atomic E-state index is 12.6. The number of hydrogen-bond acceptors (Lipinski definition) is 4. The molecule has 2 aromatic carbocycles. The number of primary amides is 1. The average molecular weight is 356 g/mol. The lowest BCUT2D eigenvalue weighted by atomic mass is 10.1. The molecule has 1 unspecified atom stereocenters. The second-order valence-corrected chi connectivity index (χ2v) is 6.90. The van der Waals surface area contributed by atoms with Gasteiger partial charge in [-0.1, -0.05) is 12.1 Å². The molecular weight excluding hydrogens is 336 g/mol. The number of nitrogens with one attached hydrogen (secondary N) is 1. The molecule has 5 nitrogen and oxygen atoms in total. The Bertz CT molecular complexity index is 756. The number of amides is 2. The minimum Gasteiger partial charge on any atom is -0.377 e. The zero-order valence-corrected chi connectivity index (χ0v) is 14.6. The molecule has 0 radical (unpaired) electrons. The molecule has 25 heavy (non-hydrogen) atoms. The number of anilines is 1. The highest BCUT2D eigenvalue weighted by Crippen LogP contribution is 2.27. The van der Waals surface area contributed by atoms with Crippen LogP contribution in [0.3, 0.4) is 0 Å². The van der Waals surface area contributed by atoms with E-state index in [4.69, 9.17) is 10.5 Å². The molecule has 0 bridgehead atoms. The zero-order chi connectivity index (χ0) is 17.6. The first-order valence-corrected chi connectivity index (χ1v) is 9.16. The Hall–Kier alpha value is -2.31. The van der Waals surface area contributed by atoms with Gasteiger partial charge in [-0.15, -0.1) is 11.8 Å². The Morgan fingerprint density at radius 2 is 1.92 bits per heavy atom. The predicted octanol–water partition coefficient (Wildman–Crippen LogP) is 3.31. The van der Waals surface area contributed by atoms with Crippen LogP contribution >= 0.6 is 11.8 Å². The summed E-state index contributed by atoms with van der Waals surface area (Å²) < 4.78 is 5.64. The van der Waals surface area contributed by atoms with Crippen molar-refractivity contribution in [2.75, 3.05) is 17.7 Å². The van der Waals surface area contributed by atoms with Crippen molar-refractivity contribution in [2.45, 2.75) is 23.8 Å². The number of nitrogens with two attached hydrogens (primary N) is 1. The van der Waals surface area contributed by atoms with Gasteiger partial charge in [-0.3, -0.25) is 9.59 Å². The summed E-state index contributed by atoms with van der Waals surface area (Å²) in [7, 11) is 0. The molecule has 0 spiro atoms. The number of rotatable bonds is 6. The number of ether oxygens (including phenoxy) is 1. The van der Waals surface area contributed by atoms with Gasteiger partial charge >= 0.3 is 0 Å². The van der Waals surface area contributed by atoms with Crippen molar-refractivity contribution in [3.05, 3.63) is 59.7 Å². The molecule has 1 atom stereocenters. The molecule has 2 amide bonds. The van der Waals surface area contributed by atoms with Crippen LogP contribution in [-0.2, 0) is 4.74 Å². The molecule has 3 rings (SSSR count). The Morgan fingerprint density at radius 3 is 2.60 bits per heavy atom. The van der Waals surface area contributed by atoms with Gasteiger partial charge in [0.1, 0.15) is 0 Å². The van der Waals surface area contributed by atoms with Crippen LogP contribution in [0.2, 0.25) is 0 Å². The van der Waals surface area contributed by atoms with Crippen molar-refractivity contribution in [1.82, 2.24) is 0 Å². The molecule has 0 aliphatic carbocycles. The van der Waals surface area contributed by atoms with E-state index in [0.717, 1.165) is 30.1 Å². The largest absolute Gasteiger partial charge is 0.377 e. The molecule has 0 saturated carbocycles. The summed E-state index contributed by atoms with van der Waals surface area (Å²) in [6.45, 7) is 0.828. The standard InChI is InChI=1S/C19H20N2O3S/c20-18(22)13-7-9-14(10-8-13)21-19(23)16-5-1-2-6-17(16)25-12-15-4-3-11-24-15/h1-2,5-10,15H,3-4,11-12H2,(H2,20,22)(H,21,23). The van der Waals surface area contributed by atoms with Gasteiger partial charge in [-0.2, -0.15) is 0 Å². The number of thioether (sulfide) groups is 1. The van der Waals surface area contributed by atoms with Crippen molar-refractivity contribution < 1.29 is 14.3 Å². The molecule has 6 heteroatoms. The Kier molecular flexibility index (Phi) is 5.73. The topological polar surface area (TPSA) is 81.4 Å². The molecule has 1 fully saturated rings. The van der Waals surface area contributed by atoms with E-state index in [-0.39, 0.29) is 12.0 Å². The van der Waals surface area contributed by atoms with E-state index in [2.05, 4.69) is 5.32 Å². The molecule has 0 aromatic heterocycles. The van der Waals surface area contributed by atoms with E-state index in [1.165, 1.54) is 0 Å². The maximum Gasteiger partial charge on any atom is 0.256 e. The fourth-order valence-electron chi connectivity index (χ4n) is 2.65. The normalized spacial score (nSPS) is 16.6. The second kappa shape index (κ2) is 8.18. The summed E-state index contributed by atoms with van der Waals surface area (Å²) in [6, 6.07) is 14.1. The van der Waals surface area contributed by atoms with E-state index >= 15 is 0 Å². The fourth-order valence-corrected chi connectivity index (χ4v) is 3.77. The van der Waals surface area contributed by atoms with E-state index in [1.54, 1.807) is 36.0 Å². The van der Waals surface area contributed by atoms with Crippen molar-refractivity contribution in [3.8, 4) is 0 Å². The first-order valence-electron chi connectivity index (χ1n) is 8.18. The third-order valence-electron chi connectivity index (χ3n) is 4.01. The monoisotopic (exact) mass is 356 g/mol. The average Bonchev–Trinajstić information content (AvgIpc) is 3.14. The lowest BCUT2D eigenvalue weighted by molar-refractivity contribution is 0.0998. The van der Waals surface area contributed by atoms with Gasteiger partial charge in [0.05, 0.1) is 11.7 Å². The lowest BCUT2D eigenvalue weighted by Crippen LogP contribution is -2.15. The molecule has 1 heterocycles. The van der Waals surface area contributed by atoms with Crippen LogP contribution in [0.1, 0.15) is 33.6 Å². The highest BCUT2D eigenvalue weighted by atomic mass is 32.2. The first kappa shape index (κ1) is 17.5. The van der Waals surface area contributed by atoms with Gasteiger partial charge in [-0.05, 0) is 49.2 Å². The van der Waals surface area contributed by atoms with Crippen molar-refractivity contribution in [2.24, 2.45) is 5.73 Å². The van der Waals surface area contributed by atoms with Crippen molar-refractivity contribution in [1.29, 1.82) is 0 Å². The number of benzene rings is 2. The molecule has 1 saturated heterocycles.